The second kappa shape index (κ2) is 4.69. The quantitative estimate of drug-likeness (QED) is 0.687. The summed E-state index contributed by atoms with van der Waals surface area (Å²) >= 11 is 3.70. The Kier molecular flexibility index (Phi) is 3.50. The molecule has 2 rings (SSSR count). The Hall–Kier alpha value is -0.300. The fourth-order valence-corrected chi connectivity index (χ4v) is 2.55. The summed E-state index contributed by atoms with van der Waals surface area (Å²) in [6, 6.07) is 8.98. The summed E-state index contributed by atoms with van der Waals surface area (Å²) in [5.41, 5.74) is 3.15. The number of hydrogen-bond donors (Lipinski definition) is 0. The lowest BCUT2D eigenvalue weighted by molar-refractivity contribution is 0.415. The molecule has 1 fully saturated rings. The van der Waals surface area contributed by atoms with Gasteiger partial charge in [0.05, 0.1) is 0 Å². The Morgan fingerprint density at radius 3 is 2.40 bits per heavy atom. The lowest BCUT2D eigenvalue weighted by atomic mass is 9.76. The van der Waals surface area contributed by atoms with Gasteiger partial charge in [-0.25, -0.2) is 0 Å². The number of alkyl halides is 1. The van der Waals surface area contributed by atoms with Gasteiger partial charge in [0, 0.05) is 4.83 Å². The van der Waals surface area contributed by atoms with Crippen LogP contribution in [0.2, 0.25) is 0 Å². The van der Waals surface area contributed by atoms with Crippen molar-refractivity contribution < 1.29 is 0 Å². The Morgan fingerprint density at radius 2 is 1.87 bits per heavy atom. The Labute approximate surface area is 101 Å². The zero-order valence-corrected chi connectivity index (χ0v) is 11.1. The van der Waals surface area contributed by atoms with Gasteiger partial charge in [-0.05, 0) is 35.8 Å². The van der Waals surface area contributed by atoms with Crippen molar-refractivity contribution in [3.63, 3.8) is 0 Å². The summed E-state index contributed by atoms with van der Waals surface area (Å²) in [5.74, 6) is 1.46. The van der Waals surface area contributed by atoms with E-state index in [1.54, 1.807) is 11.1 Å². The van der Waals surface area contributed by atoms with Crippen LogP contribution in [0.5, 0.6) is 0 Å². The maximum Gasteiger partial charge on any atom is 0.0183 e. The van der Waals surface area contributed by atoms with Gasteiger partial charge >= 0.3 is 0 Å². The van der Waals surface area contributed by atoms with Gasteiger partial charge in [-0.2, -0.15) is 0 Å². The molecule has 1 aromatic rings. The molecule has 0 aliphatic heterocycles. The summed E-state index contributed by atoms with van der Waals surface area (Å²) in [6.45, 7) is 4.55. The van der Waals surface area contributed by atoms with E-state index < -0.39 is 0 Å². The average Bonchev–Trinajstić information content (AvgIpc) is 2.15. The molecule has 0 N–H and O–H groups in total. The predicted molar refractivity (Wildman–Crippen MR) is 69.8 cm³/mol. The maximum atomic E-state index is 3.70. The average molecular weight is 267 g/mol. The second-order valence-electron chi connectivity index (χ2n) is 4.72. The van der Waals surface area contributed by atoms with Gasteiger partial charge in [0.1, 0.15) is 0 Å². The summed E-state index contributed by atoms with van der Waals surface area (Å²) in [4.78, 5) is 0.554. The SMILES string of the molecule is CC(Br)C(C)c1ccccc1C1CCC1. The van der Waals surface area contributed by atoms with E-state index in [4.69, 9.17) is 0 Å². The van der Waals surface area contributed by atoms with E-state index >= 15 is 0 Å². The number of benzene rings is 1. The minimum atomic E-state index is 0.554. The molecule has 2 unspecified atom stereocenters. The zero-order valence-electron chi connectivity index (χ0n) is 9.54. The minimum absolute atomic E-state index is 0.554. The van der Waals surface area contributed by atoms with Crippen molar-refractivity contribution >= 4 is 15.9 Å². The van der Waals surface area contributed by atoms with Crippen molar-refractivity contribution in [2.75, 3.05) is 0 Å². The van der Waals surface area contributed by atoms with Crippen LogP contribution >= 0.6 is 15.9 Å². The van der Waals surface area contributed by atoms with Crippen LogP contribution in [-0.4, -0.2) is 4.83 Å². The first-order valence-corrected chi connectivity index (χ1v) is 6.84. The van der Waals surface area contributed by atoms with Crippen LogP contribution in [-0.2, 0) is 0 Å². The van der Waals surface area contributed by atoms with Crippen LogP contribution in [0.25, 0.3) is 0 Å². The molecule has 0 amide bonds. The molecule has 0 radical (unpaired) electrons. The van der Waals surface area contributed by atoms with Gasteiger partial charge in [0.2, 0.25) is 0 Å². The Morgan fingerprint density at radius 1 is 1.20 bits per heavy atom. The first-order valence-electron chi connectivity index (χ1n) is 5.93. The molecule has 1 aliphatic rings. The van der Waals surface area contributed by atoms with Crippen LogP contribution in [0, 0.1) is 0 Å². The standard InChI is InChI=1S/C14H19Br/c1-10(11(2)15)13-8-3-4-9-14(13)12-6-5-7-12/h3-4,8-12H,5-7H2,1-2H3. The van der Waals surface area contributed by atoms with Gasteiger partial charge in [0.15, 0.2) is 0 Å². The van der Waals surface area contributed by atoms with Crippen molar-refractivity contribution in [2.45, 2.75) is 49.8 Å². The largest absolute Gasteiger partial charge is 0.0887 e. The molecular weight excluding hydrogens is 248 g/mol. The number of halogens is 1. The van der Waals surface area contributed by atoms with Crippen molar-refractivity contribution in [3.8, 4) is 0 Å². The van der Waals surface area contributed by atoms with Crippen LogP contribution in [0.4, 0.5) is 0 Å². The van der Waals surface area contributed by atoms with E-state index in [-0.39, 0.29) is 0 Å². The van der Waals surface area contributed by atoms with Crippen LogP contribution < -0.4 is 0 Å². The van der Waals surface area contributed by atoms with Gasteiger partial charge in [-0.3, -0.25) is 0 Å². The molecular formula is C14H19Br. The van der Waals surface area contributed by atoms with Gasteiger partial charge in [-0.1, -0.05) is 60.5 Å². The lowest BCUT2D eigenvalue weighted by Crippen LogP contribution is -2.14. The Bertz CT molecular complexity index is 326. The van der Waals surface area contributed by atoms with Crippen molar-refractivity contribution in [1.29, 1.82) is 0 Å². The van der Waals surface area contributed by atoms with Crippen molar-refractivity contribution in [3.05, 3.63) is 35.4 Å². The van der Waals surface area contributed by atoms with E-state index in [9.17, 15) is 0 Å². The zero-order chi connectivity index (χ0) is 10.8. The molecule has 0 nitrogen and oxygen atoms in total. The molecule has 0 heterocycles. The van der Waals surface area contributed by atoms with Crippen LogP contribution in [0.15, 0.2) is 24.3 Å². The molecule has 0 aromatic heterocycles. The molecule has 1 saturated carbocycles. The molecule has 1 aliphatic carbocycles. The highest BCUT2D eigenvalue weighted by molar-refractivity contribution is 9.09. The number of hydrogen-bond acceptors (Lipinski definition) is 0. The third kappa shape index (κ3) is 2.28. The fourth-order valence-electron chi connectivity index (χ4n) is 2.26. The highest BCUT2D eigenvalue weighted by Gasteiger charge is 2.24. The van der Waals surface area contributed by atoms with E-state index in [2.05, 4.69) is 54.0 Å². The smallest absolute Gasteiger partial charge is 0.0183 e. The van der Waals surface area contributed by atoms with Crippen LogP contribution in [0.3, 0.4) is 0 Å². The predicted octanol–water partition coefficient (Wildman–Crippen LogP) is 4.84. The van der Waals surface area contributed by atoms with E-state index in [1.807, 2.05) is 0 Å². The fraction of sp³-hybridized carbons (Fsp3) is 0.571. The maximum absolute atomic E-state index is 3.70. The highest BCUT2D eigenvalue weighted by atomic mass is 79.9. The third-order valence-electron chi connectivity index (χ3n) is 3.72. The molecule has 15 heavy (non-hydrogen) atoms. The van der Waals surface area contributed by atoms with Gasteiger partial charge in [0.25, 0.3) is 0 Å². The van der Waals surface area contributed by atoms with E-state index in [0.29, 0.717) is 10.7 Å². The molecule has 0 spiro atoms. The number of rotatable bonds is 3. The van der Waals surface area contributed by atoms with Crippen molar-refractivity contribution in [1.82, 2.24) is 0 Å². The monoisotopic (exact) mass is 266 g/mol. The Balaban J connectivity index is 2.28. The molecule has 2 atom stereocenters. The molecule has 1 heteroatoms. The molecule has 0 saturated heterocycles. The molecule has 82 valence electrons. The van der Waals surface area contributed by atoms with E-state index in [1.165, 1.54) is 19.3 Å². The summed E-state index contributed by atoms with van der Waals surface area (Å²) < 4.78 is 0. The summed E-state index contributed by atoms with van der Waals surface area (Å²) in [5, 5.41) is 0. The molecule has 1 aromatic carbocycles. The molecule has 0 bridgehead atoms. The minimum Gasteiger partial charge on any atom is -0.0887 e. The first-order chi connectivity index (χ1) is 7.20. The van der Waals surface area contributed by atoms with Crippen molar-refractivity contribution in [2.24, 2.45) is 0 Å². The first kappa shape index (κ1) is 11.2. The summed E-state index contributed by atoms with van der Waals surface area (Å²) in [6.07, 6.45) is 4.19. The van der Waals surface area contributed by atoms with E-state index in [0.717, 1.165) is 5.92 Å². The second-order valence-corrected chi connectivity index (χ2v) is 6.17. The normalized spacial score (nSPS) is 20.7. The third-order valence-corrected chi connectivity index (χ3v) is 4.51. The highest BCUT2D eigenvalue weighted by Crippen LogP contribution is 2.40. The lowest BCUT2D eigenvalue weighted by Gasteiger charge is -2.30. The van der Waals surface area contributed by atoms with Crippen LogP contribution in [0.1, 0.15) is 56.1 Å². The van der Waals surface area contributed by atoms with Gasteiger partial charge in [-0.15, -0.1) is 0 Å². The topological polar surface area (TPSA) is 0 Å². The van der Waals surface area contributed by atoms with Gasteiger partial charge < -0.3 is 0 Å². The summed E-state index contributed by atoms with van der Waals surface area (Å²) in [7, 11) is 0.